The lowest BCUT2D eigenvalue weighted by Crippen LogP contribution is -2.22. The van der Waals surface area contributed by atoms with E-state index in [1.54, 1.807) is 15.9 Å². The summed E-state index contributed by atoms with van der Waals surface area (Å²) in [6, 6.07) is 13.4. The molecule has 7 heteroatoms. The van der Waals surface area contributed by atoms with E-state index >= 15 is 0 Å². The lowest BCUT2D eigenvalue weighted by molar-refractivity contribution is 0.102. The maximum absolute atomic E-state index is 13.6. The topological polar surface area (TPSA) is 52.0 Å². The molecule has 0 spiro atoms. The number of Topliss-reactive ketones (excluding diaryl/α,β-unsaturated/α-hetero) is 1. The highest BCUT2D eigenvalue weighted by Gasteiger charge is 2.23. The summed E-state index contributed by atoms with van der Waals surface area (Å²) in [5.41, 5.74) is 1.95. The Bertz CT molecular complexity index is 1300. The van der Waals surface area contributed by atoms with Gasteiger partial charge in [-0.05, 0) is 62.4 Å². The van der Waals surface area contributed by atoms with Crippen LogP contribution in [0.2, 0.25) is 0 Å². The van der Waals surface area contributed by atoms with Gasteiger partial charge < -0.3 is 0 Å². The van der Waals surface area contributed by atoms with Gasteiger partial charge in [0.05, 0.1) is 21.7 Å². The van der Waals surface area contributed by atoms with Crippen molar-refractivity contribution in [3.8, 4) is 5.69 Å². The van der Waals surface area contributed by atoms with E-state index < -0.39 is 0 Å². The van der Waals surface area contributed by atoms with Crippen molar-refractivity contribution in [3.63, 3.8) is 0 Å². The normalized spacial score (nSPS) is 13.5. The van der Waals surface area contributed by atoms with Crippen LogP contribution in [0, 0.1) is 6.92 Å². The van der Waals surface area contributed by atoms with E-state index in [2.05, 4.69) is 0 Å². The number of para-hydroxylation sites is 1. The van der Waals surface area contributed by atoms with Crippen LogP contribution in [0.3, 0.4) is 0 Å². The Morgan fingerprint density at radius 2 is 1.90 bits per heavy atom. The molecule has 0 saturated heterocycles. The van der Waals surface area contributed by atoms with Gasteiger partial charge >= 0.3 is 0 Å². The number of benzene rings is 1. The number of hydrogen-bond acceptors (Lipinski definition) is 6. The zero-order valence-corrected chi connectivity index (χ0v) is 19.0. The third-order valence-corrected chi connectivity index (χ3v) is 8.49. The summed E-state index contributed by atoms with van der Waals surface area (Å²) in [7, 11) is 0. The molecule has 152 valence electrons. The molecule has 0 saturated carbocycles. The number of hydrogen-bond donors (Lipinski definition) is 0. The summed E-state index contributed by atoms with van der Waals surface area (Å²) in [5.74, 6) is 0.327. The Balaban J connectivity index is 1.61. The third-order valence-electron chi connectivity index (χ3n) is 5.32. The van der Waals surface area contributed by atoms with Crippen LogP contribution in [0.5, 0.6) is 0 Å². The van der Waals surface area contributed by atoms with Gasteiger partial charge in [0.15, 0.2) is 10.9 Å². The van der Waals surface area contributed by atoms with Crippen LogP contribution < -0.4 is 5.56 Å². The highest BCUT2D eigenvalue weighted by Crippen LogP contribution is 2.35. The van der Waals surface area contributed by atoms with E-state index in [0.29, 0.717) is 5.16 Å². The number of fused-ring (bicyclic) bond motifs is 3. The van der Waals surface area contributed by atoms with Crippen LogP contribution in [0.25, 0.3) is 15.9 Å². The van der Waals surface area contributed by atoms with Crippen molar-refractivity contribution in [2.75, 3.05) is 5.75 Å². The number of rotatable bonds is 5. The number of carbonyl (C=O) groups is 1. The fourth-order valence-corrected chi connectivity index (χ4v) is 6.97. The molecule has 3 heterocycles. The second-order valence-corrected chi connectivity index (χ2v) is 10.7. The van der Waals surface area contributed by atoms with E-state index in [1.165, 1.54) is 40.0 Å². The summed E-state index contributed by atoms with van der Waals surface area (Å²) in [4.78, 5) is 35.2. The SMILES string of the molecule is Cc1ccc(C(=O)CSc2nc3sc4c(c3c(=O)n2-c2ccccc2)CCCC4)s1. The van der Waals surface area contributed by atoms with Crippen LogP contribution in [0.15, 0.2) is 52.4 Å². The van der Waals surface area contributed by atoms with Crippen molar-refractivity contribution in [1.29, 1.82) is 0 Å². The minimum absolute atomic E-state index is 0.0208. The van der Waals surface area contributed by atoms with Crippen molar-refractivity contribution in [3.05, 3.63) is 73.0 Å². The predicted molar refractivity (Wildman–Crippen MR) is 126 cm³/mol. The Morgan fingerprint density at radius 1 is 1.10 bits per heavy atom. The van der Waals surface area contributed by atoms with Gasteiger partial charge in [0, 0.05) is 9.75 Å². The maximum atomic E-state index is 13.6. The summed E-state index contributed by atoms with van der Waals surface area (Å²) >= 11 is 4.50. The average molecular weight is 453 g/mol. The summed E-state index contributed by atoms with van der Waals surface area (Å²) in [5, 5.41) is 1.35. The number of aromatic nitrogens is 2. The number of nitrogens with zero attached hydrogens (tertiary/aromatic N) is 2. The largest absolute Gasteiger partial charge is 0.292 e. The van der Waals surface area contributed by atoms with Crippen molar-refractivity contribution in [1.82, 2.24) is 9.55 Å². The summed E-state index contributed by atoms with van der Waals surface area (Å²) in [6.45, 7) is 2.00. The first-order valence-corrected chi connectivity index (χ1v) is 12.6. The molecule has 0 aliphatic heterocycles. The highest BCUT2D eigenvalue weighted by molar-refractivity contribution is 7.99. The van der Waals surface area contributed by atoms with E-state index in [0.717, 1.165) is 44.9 Å². The number of ketones is 1. The fourth-order valence-electron chi connectivity index (χ4n) is 3.87. The van der Waals surface area contributed by atoms with Crippen molar-refractivity contribution < 1.29 is 4.79 Å². The fraction of sp³-hybridized carbons (Fsp3) is 0.261. The van der Waals surface area contributed by atoms with Crippen molar-refractivity contribution in [2.45, 2.75) is 37.8 Å². The molecule has 0 atom stereocenters. The second kappa shape index (κ2) is 8.13. The second-order valence-electron chi connectivity index (χ2n) is 7.38. The van der Waals surface area contributed by atoms with E-state index in [1.807, 2.05) is 49.4 Å². The number of aryl methyl sites for hydroxylation is 3. The average Bonchev–Trinajstić information content (AvgIpc) is 3.36. The smallest absolute Gasteiger partial charge is 0.267 e. The van der Waals surface area contributed by atoms with Gasteiger partial charge in [-0.2, -0.15) is 0 Å². The zero-order valence-electron chi connectivity index (χ0n) is 16.5. The number of thioether (sulfide) groups is 1. The summed E-state index contributed by atoms with van der Waals surface area (Å²) < 4.78 is 1.68. The van der Waals surface area contributed by atoms with Crippen LogP contribution >= 0.6 is 34.4 Å². The molecular formula is C23H20N2O2S3. The van der Waals surface area contributed by atoms with Gasteiger partial charge in [0.25, 0.3) is 5.56 Å². The molecule has 4 nitrogen and oxygen atoms in total. The van der Waals surface area contributed by atoms with E-state index in [-0.39, 0.29) is 17.1 Å². The Morgan fingerprint density at radius 3 is 2.67 bits per heavy atom. The highest BCUT2D eigenvalue weighted by atomic mass is 32.2. The van der Waals surface area contributed by atoms with Crippen molar-refractivity contribution >= 4 is 50.4 Å². The van der Waals surface area contributed by atoms with Crippen LogP contribution in [-0.4, -0.2) is 21.1 Å². The molecule has 0 unspecified atom stereocenters. The van der Waals surface area contributed by atoms with Gasteiger partial charge in [-0.1, -0.05) is 30.0 Å². The van der Waals surface area contributed by atoms with Crippen molar-refractivity contribution in [2.24, 2.45) is 0 Å². The maximum Gasteiger partial charge on any atom is 0.267 e. The minimum Gasteiger partial charge on any atom is -0.292 e. The van der Waals surface area contributed by atoms with E-state index in [9.17, 15) is 9.59 Å². The third kappa shape index (κ3) is 3.55. The number of carbonyl (C=O) groups excluding carboxylic acids is 1. The minimum atomic E-state index is -0.0208. The Hall–Kier alpha value is -2.22. The van der Waals surface area contributed by atoms with Gasteiger partial charge in [0.1, 0.15) is 4.83 Å². The lowest BCUT2D eigenvalue weighted by Gasteiger charge is -2.13. The first kappa shape index (κ1) is 19.7. The zero-order chi connectivity index (χ0) is 20.7. The van der Waals surface area contributed by atoms with Crippen LogP contribution in [0.4, 0.5) is 0 Å². The molecule has 0 N–H and O–H groups in total. The van der Waals surface area contributed by atoms with Gasteiger partial charge in [0.2, 0.25) is 0 Å². The molecule has 0 radical (unpaired) electrons. The first-order chi connectivity index (χ1) is 14.6. The van der Waals surface area contributed by atoms with Crippen LogP contribution in [-0.2, 0) is 12.8 Å². The molecule has 0 fully saturated rings. The molecule has 5 rings (SSSR count). The Labute approximate surface area is 186 Å². The van der Waals surface area contributed by atoms with Gasteiger partial charge in [-0.25, -0.2) is 4.98 Å². The molecule has 0 amide bonds. The molecule has 1 aromatic carbocycles. The molecular weight excluding hydrogens is 432 g/mol. The summed E-state index contributed by atoms with van der Waals surface area (Å²) in [6.07, 6.45) is 4.27. The van der Waals surface area contributed by atoms with Gasteiger partial charge in [-0.15, -0.1) is 22.7 Å². The Kier molecular flexibility index (Phi) is 5.35. The monoisotopic (exact) mass is 452 g/mol. The van der Waals surface area contributed by atoms with Crippen LogP contribution in [0.1, 0.15) is 37.8 Å². The first-order valence-electron chi connectivity index (χ1n) is 9.97. The molecule has 30 heavy (non-hydrogen) atoms. The molecule has 0 bridgehead atoms. The van der Waals surface area contributed by atoms with E-state index in [4.69, 9.17) is 4.98 Å². The molecule has 1 aliphatic rings. The predicted octanol–water partition coefficient (Wildman–Crippen LogP) is 5.67. The molecule has 4 aromatic rings. The molecule has 3 aromatic heterocycles. The standard InChI is InChI=1S/C23H20N2O2S3/c1-14-11-12-19(29-14)17(26)13-28-23-24-21-20(16-9-5-6-10-18(16)30-21)22(27)25(23)15-7-3-2-4-8-15/h2-4,7-8,11-12H,5-6,9-10,13H2,1H3. The lowest BCUT2D eigenvalue weighted by atomic mass is 9.97. The molecule has 1 aliphatic carbocycles. The quantitative estimate of drug-likeness (QED) is 0.222. The number of thiophene rings is 2. The van der Waals surface area contributed by atoms with Gasteiger partial charge in [-0.3, -0.25) is 14.2 Å².